The number of carbonyl (C=O) groups excluding carboxylic acids is 1. The van der Waals surface area contributed by atoms with E-state index in [1.54, 1.807) is 24.3 Å². The Balaban J connectivity index is 2.65. The molecule has 0 heterocycles. The average Bonchev–Trinajstić information content (AvgIpc) is 2.46. The summed E-state index contributed by atoms with van der Waals surface area (Å²) < 4.78 is 31.2. The van der Waals surface area contributed by atoms with Crippen molar-refractivity contribution in [3.63, 3.8) is 0 Å². The van der Waals surface area contributed by atoms with E-state index in [-0.39, 0.29) is 11.3 Å². The number of hydrogen-bond donors (Lipinski definition) is 2. The van der Waals surface area contributed by atoms with Gasteiger partial charge in [-0.15, -0.1) is 0 Å². The largest absolute Gasteiger partial charge is 0.465 e. The lowest BCUT2D eigenvalue weighted by atomic mass is 10.1. The zero-order chi connectivity index (χ0) is 15.7. The molecule has 0 spiro atoms. The summed E-state index contributed by atoms with van der Waals surface area (Å²) in [5.41, 5.74) is 0.702. The molecule has 1 aromatic rings. The molecule has 0 radical (unpaired) electrons. The molecule has 0 unspecified atom stereocenters. The van der Waals surface area contributed by atoms with Gasteiger partial charge in [-0.05, 0) is 24.6 Å². The van der Waals surface area contributed by atoms with Crippen LogP contribution >= 0.6 is 0 Å². The summed E-state index contributed by atoms with van der Waals surface area (Å²) in [6.45, 7) is 3.79. The zero-order valence-electron chi connectivity index (χ0n) is 12.4. The molecule has 21 heavy (non-hydrogen) atoms. The normalized spacial score (nSPS) is 11.3. The zero-order valence-corrected chi connectivity index (χ0v) is 13.2. The van der Waals surface area contributed by atoms with Gasteiger partial charge in [-0.25, -0.2) is 17.9 Å². The highest BCUT2D eigenvalue weighted by Crippen LogP contribution is 2.13. The number of methoxy groups -OCH3 is 1. The lowest BCUT2D eigenvalue weighted by Crippen LogP contribution is -2.33. The summed E-state index contributed by atoms with van der Waals surface area (Å²) in [6.07, 6.45) is 0.999. The Labute approximate surface area is 125 Å². The van der Waals surface area contributed by atoms with Crippen LogP contribution in [-0.2, 0) is 20.5 Å². The molecule has 1 rings (SSSR count). The SMILES string of the molecule is CCCNCCNS(=O)(=O)Cc1ccccc1C(=O)OC. The Kier molecular flexibility index (Phi) is 7.35. The van der Waals surface area contributed by atoms with Crippen LogP contribution in [0.4, 0.5) is 0 Å². The van der Waals surface area contributed by atoms with Gasteiger partial charge in [-0.1, -0.05) is 25.1 Å². The second kappa shape index (κ2) is 8.76. The minimum absolute atomic E-state index is 0.244. The van der Waals surface area contributed by atoms with Crippen LogP contribution in [0.15, 0.2) is 24.3 Å². The molecule has 0 saturated heterocycles. The predicted molar refractivity (Wildman–Crippen MR) is 81.6 cm³/mol. The van der Waals surface area contributed by atoms with E-state index in [0.717, 1.165) is 13.0 Å². The second-order valence-corrected chi connectivity index (χ2v) is 6.36. The summed E-state index contributed by atoms with van der Waals surface area (Å²) >= 11 is 0. The Bertz CT molecular complexity index is 558. The van der Waals surface area contributed by atoms with Crippen molar-refractivity contribution >= 4 is 16.0 Å². The van der Waals surface area contributed by atoms with Crippen molar-refractivity contribution in [2.75, 3.05) is 26.7 Å². The minimum atomic E-state index is -3.48. The third-order valence-electron chi connectivity index (χ3n) is 2.82. The molecule has 0 aliphatic heterocycles. The number of rotatable bonds is 9. The molecular weight excluding hydrogens is 292 g/mol. The molecule has 0 aliphatic rings. The molecule has 6 nitrogen and oxygen atoms in total. The fourth-order valence-electron chi connectivity index (χ4n) is 1.81. The first-order chi connectivity index (χ1) is 10.00. The van der Waals surface area contributed by atoms with Gasteiger partial charge >= 0.3 is 5.97 Å². The number of sulfonamides is 1. The molecule has 0 aliphatic carbocycles. The molecule has 7 heteroatoms. The molecule has 0 aromatic heterocycles. The first-order valence-corrected chi connectivity index (χ1v) is 8.49. The average molecular weight is 314 g/mol. The molecule has 1 aromatic carbocycles. The number of benzene rings is 1. The maximum absolute atomic E-state index is 12.0. The topological polar surface area (TPSA) is 84.5 Å². The maximum Gasteiger partial charge on any atom is 0.338 e. The third-order valence-corrected chi connectivity index (χ3v) is 4.15. The van der Waals surface area contributed by atoms with Crippen molar-refractivity contribution in [3.8, 4) is 0 Å². The molecule has 0 bridgehead atoms. The van der Waals surface area contributed by atoms with E-state index >= 15 is 0 Å². The number of hydrogen-bond acceptors (Lipinski definition) is 5. The highest BCUT2D eigenvalue weighted by molar-refractivity contribution is 7.88. The summed E-state index contributed by atoms with van der Waals surface area (Å²) in [7, 11) is -2.21. The second-order valence-electron chi connectivity index (χ2n) is 4.55. The first kappa shape index (κ1) is 17.6. The summed E-state index contributed by atoms with van der Waals surface area (Å²) in [5, 5.41) is 3.11. The summed E-state index contributed by atoms with van der Waals surface area (Å²) in [5.74, 6) is -0.781. The van der Waals surface area contributed by atoms with Crippen molar-refractivity contribution in [1.29, 1.82) is 0 Å². The van der Waals surface area contributed by atoms with E-state index in [4.69, 9.17) is 0 Å². The van der Waals surface area contributed by atoms with E-state index in [1.807, 2.05) is 6.92 Å². The van der Waals surface area contributed by atoms with Gasteiger partial charge < -0.3 is 10.1 Å². The van der Waals surface area contributed by atoms with Crippen LogP contribution in [0.25, 0.3) is 0 Å². The molecule has 2 N–H and O–H groups in total. The molecule has 0 saturated carbocycles. The van der Waals surface area contributed by atoms with E-state index in [9.17, 15) is 13.2 Å². The standard InChI is InChI=1S/C14H22N2O4S/c1-3-8-15-9-10-16-21(18,19)11-12-6-4-5-7-13(12)14(17)20-2/h4-7,15-16H,3,8-11H2,1-2H3. The van der Waals surface area contributed by atoms with Gasteiger partial charge in [-0.3, -0.25) is 0 Å². The smallest absolute Gasteiger partial charge is 0.338 e. The van der Waals surface area contributed by atoms with Crippen molar-refractivity contribution in [3.05, 3.63) is 35.4 Å². The Morgan fingerprint density at radius 2 is 1.90 bits per heavy atom. The van der Waals surface area contributed by atoms with Gasteiger partial charge in [0.1, 0.15) is 0 Å². The van der Waals surface area contributed by atoms with Gasteiger partial charge in [-0.2, -0.15) is 0 Å². The van der Waals surface area contributed by atoms with Crippen LogP contribution in [0.5, 0.6) is 0 Å². The maximum atomic E-state index is 12.0. The highest BCUT2D eigenvalue weighted by atomic mass is 32.2. The quantitative estimate of drug-likeness (QED) is 0.522. The van der Waals surface area contributed by atoms with Gasteiger partial charge in [0.15, 0.2) is 0 Å². The van der Waals surface area contributed by atoms with Crippen LogP contribution in [-0.4, -0.2) is 41.1 Å². The lowest BCUT2D eigenvalue weighted by Gasteiger charge is -2.10. The van der Waals surface area contributed by atoms with E-state index in [2.05, 4.69) is 14.8 Å². The van der Waals surface area contributed by atoms with Crippen LogP contribution in [0, 0.1) is 0 Å². The molecular formula is C14H22N2O4S. The number of esters is 1. The number of nitrogens with one attached hydrogen (secondary N) is 2. The summed E-state index contributed by atoms with van der Waals surface area (Å²) in [4.78, 5) is 11.6. The van der Waals surface area contributed by atoms with Crippen molar-refractivity contribution in [2.24, 2.45) is 0 Å². The van der Waals surface area contributed by atoms with Gasteiger partial charge in [0.05, 0.1) is 18.4 Å². The van der Waals surface area contributed by atoms with Crippen molar-refractivity contribution in [2.45, 2.75) is 19.1 Å². The van der Waals surface area contributed by atoms with Gasteiger partial charge in [0.25, 0.3) is 0 Å². The summed E-state index contributed by atoms with van der Waals surface area (Å²) in [6, 6.07) is 6.53. The fourth-order valence-corrected chi connectivity index (χ4v) is 2.98. The van der Waals surface area contributed by atoms with Crippen LogP contribution in [0.3, 0.4) is 0 Å². The minimum Gasteiger partial charge on any atom is -0.465 e. The van der Waals surface area contributed by atoms with E-state index < -0.39 is 16.0 Å². The van der Waals surface area contributed by atoms with Crippen molar-refractivity contribution < 1.29 is 17.9 Å². The molecule has 0 atom stereocenters. The number of ether oxygens (including phenoxy) is 1. The van der Waals surface area contributed by atoms with Crippen LogP contribution < -0.4 is 10.0 Å². The van der Waals surface area contributed by atoms with Gasteiger partial charge in [0, 0.05) is 13.1 Å². The van der Waals surface area contributed by atoms with E-state index in [0.29, 0.717) is 18.7 Å². The van der Waals surface area contributed by atoms with E-state index in [1.165, 1.54) is 7.11 Å². The highest BCUT2D eigenvalue weighted by Gasteiger charge is 2.17. The first-order valence-electron chi connectivity index (χ1n) is 6.84. The Morgan fingerprint density at radius 3 is 2.57 bits per heavy atom. The Morgan fingerprint density at radius 1 is 1.19 bits per heavy atom. The monoisotopic (exact) mass is 314 g/mol. The van der Waals surface area contributed by atoms with Gasteiger partial charge in [0.2, 0.25) is 10.0 Å². The Hall–Kier alpha value is -1.44. The third kappa shape index (κ3) is 6.24. The van der Waals surface area contributed by atoms with Crippen LogP contribution in [0.2, 0.25) is 0 Å². The predicted octanol–water partition coefficient (Wildman–Crippen LogP) is 0.892. The fraction of sp³-hybridized carbons (Fsp3) is 0.500. The number of carbonyl (C=O) groups is 1. The lowest BCUT2D eigenvalue weighted by molar-refractivity contribution is 0.0600. The molecule has 0 amide bonds. The molecule has 118 valence electrons. The molecule has 0 fully saturated rings. The van der Waals surface area contributed by atoms with Crippen LogP contribution in [0.1, 0.15) is 29.3 Å². The van der Waals surface area contributed by atoms with Crippen molar-refractivity contribution in [1.82, 2.24) is 10.0 Å².